The molecule has 3 amide bonds. The van der Waals surface area contributed by atoms with E-state index >= 15 is 0 Å². The summed E-state index contributed by atoms with van der Waals surface area (Å²) in [6.07, 6.45) is 5.98. The van der Waals surface area contributed by atoms with E-state index in [-0.39, 0.29) is 24.4 Å². The standard InChI is InChI=1S/C18H27N3O3/c22-17(19-13-14-24-16-9-5-2-6-10-16)11-12-20-18(23)21-15-7-3-1-4-8-15/h2,5-6,9-10,15H,1,3-4,7-8,11-14H2,(H,19,22)(H2,20,21,23). The average molecular weight is 333 g/mol. The first-order valence-corrected chi connectivity index (χ1v) is 8.73. The topological polar surface area (TPSA) is 79.5 Å². The molecule has 24 heavy (non-hydrogen) atoms. The fraction of sp³-hybridized carbons (Fsp3) is 0.556. The molecular weight excluding hydrogens is 306 g/mol. The molecule has 3 N–H and O–H groups in total. The van der Waals surface area contributed by atoms with E-state index in [1.54, 1.807) is 0 Å². The monoisotopic (exact) mass is 333 g/mol. The highest BCUT2D eigenvalue weighted by atomic mass is 16.5. The van der Waals surface area contributed by atoms with Crippen molar-refractivity contribution in [1.29, 1.82) is 0 Å². The van der Waals surface area contributed by atoms with Crippen molar-refractivity contribution in [1.82, 2.24) is 16.0 Å². The van der Waals surface area contributed by atoms with Crippen LogP contribution in [0.1, 0.15) is 38.5 Å². The third-order valence-corrected chi connectivity index (χ3v) is 4.01. The van der Waals surface area contributed by atoms with Crippen molar-refractivity contribution in [3.63, 3.8) is 0 Å². The van der Waals surface area contributed by atoms with Gasteiger partial charge in [-0.3, -0.25) is 4.79 Å². The lowest BCUT2D eigenvalue weighted by Crippen LogP contribution is -2.44. The number of urea groups is 1. The van der Waals surface area contributed by atoms with Crippen molar-refractivity contribution in [3.8, 4) is 5.75 Å². The summed E-state index contributed by atoms with van der Waals surface area (Å²) in [7, 11) is 0. The summed E-state index contributed by atoms with van der Waals surface area (Å²) in [5.41, 5.74) is 0. The van der Waals surface area contributed by atoms with Crippen LogP contribution in [-0.4, -0.2) is 37.7 Å². The Morgan fingerprint density at radius 1 is 1.00 bits per heavy atom. The number of rotatable bonds is 8. The van der Waals surface area contributed by atoms with Crippen LogP contribution in [0.25, 0.3) is 0 Å². The van der Waals surface area contributed by atoms with Gasteiger partial charge >= 0.3 is 6.03 Å². The Balaban J connectivity index is 1.47. The van der Waals surface area contributed by atoms with E-state index in [0.29, 0.717) is 19.7 Å². The van der Waals surface area contributed by atoms with Gasteiger partial charge in [-0.25, -0.2) is 4.79 Å². The van der Waals surface area contributed by atoms with Crippen molar-refractivity contribution < 1.29 is 14.3 Å². The molecule has 0 atom stereocenters. The summed E-state index contributed by atoms with van der Waals surface area (Å²) in [5, 5.41) is 8.47. The van der Waals surface area contributed by atoms with Gasteiger partial charge in [0.1, 0.15) is 12.4 Å². The molecule has 0 aromatic heterocycles. The molecule has 0 bridgehead atoms. The molecule has 0 unspecified atom stereocenters. The van der Waals surface area contributed by atoms with E-state index in [1.807, 2.05) is 30.3 Å². The first-order chi connectivity index (χ1) is 11.7. The van der Waals surface area contributed by atoms with Crippen molar-refractivity contribution in [3.05, 3.63) is 30.3 Å². The third-order valence-electron chi connectivity index (χ3n) is 4.01. The van der Waals surface area contributed by atoms with Crippen LogP contribution >= 0.6 is 0 Å². The van der Waals surface area contributed by atoms with E-state index in [2.05, 4.69) is 16.0 Å². The quantitative estimate of drug-likeness (QED) is 0.638. The van der Waals surface area contributed by atoms with Gasteiger partial charge in [0, 0.05) is 19.0 Å². The first-order valence-electron chi connectivity index (χ1n) is 8.73. The van der Waals surface area contributed by atoms with Gasteiger partial charge in [-0.15, -0.1) is 0 Å². The molecule has 1 aromatic rings. The highest BCUT2D eigenvalue weighted by molar-refractivity contribution is 5.78. The molecule has 1 saturated carbocycles. The zero-order valence-electron chi connectivity index (χ0n) is 14.1. The molecule has 0 aliphatic heterocycles. The predicted octanol–water partition coefficient (Wildman–Crippen LogP) is 2.20. The molecule has 0 spiro atoms. The minimum atomic E-state index is -0.179. The van der Waals surface area contributed by atoms with Gasteiger partial charge in [-0.05, 0) is 25.0 Å². The molecular formula is C18H27N3O3. The van der Waals surface area contributed by atoms with Crippen molar-refractivity contribution in [2.45, 2.75) is 44.6 Å². The minimum absolute atomic E-state index is 0.0929. The fourth-order valence-electron chi connectivity index (χ4n) is 2.74. The van der Waals surface area contributed by atoms with E-state index in [1.165, 1.54) is 19.3 Å². The largest absolute Gasteiger partial charge is 0.492 e. The van der Waals surface area contributed by atoms with Crippen LogP contribution in [0.2, 0.25) is 0 Å². The number of nitrogens with one attached hydrogen (secondary N) is 3. The van der Waals surface area contributed by atoms with E-state index in [0.717, 1.165) is 18.6 Å². The van der Waals surface area contributed by atoms with Crippen LogP contribution in [0.15, 0.2) is 30.3 Å². The van der Waals surface area contributed by atoms with Crippen molar-refractivity contribution in [2.24, 2.45) is 0 Å². The number of carbonyl (C=O) groups is 2. The Bertz CT molecular complexity index is 501. The zero-order valence-corrected chi connectivity index (χ0v) is 14.1. The van der Waals surface area contributed by atoms with E-state index in [4.69, 9.17) is 4.74 Å². The maximum Gasteiger partial charge on any atom is 0.315 e. The molecule has 6 nitrogen and oxygen atoms in total. The molecule has 1 aromatic carbocycles. The highest BCUT2D eigenvalue weighted by Gasteiger charge is 2.15. The fourth-order valence-corrected chi connectivity index (χ4v) is 2.74. The Hall–Kier alpha value is -2.24. The molecule has 1 fully saturated rings. The lowest BCUT2D eigenvalue weighted by molar-refractivity contribution is -0.121. The summed E-state index contributed by atoms with van der Waals surface area (Å²) in [4.78, 5) is 23.4. The SMILES string of the molecule is O=C(CCNC(=O)NC1CCCCC1)NCCOc1ccccc1. The Morgan fingerprint density at radius 2 is 1.75 bits per heavy atom. The molecule has 0 heterocycles. The van der Waals surface area contributed by atoms with Gasteiger partial charge in [0.25, 0.3) is 0 Å². The normalized spacial score (nSPS) is 14.7. The van der Waals surface area contributed by atoms with Crippen LogP contribution < -0.4 is 20.7 Å². The van der Waals surface area contributed by atoms with Crippen molar-refractivity contribution in [2.75, 3.05) is 19.7 Å². The van der Waals surface area contributed by atoms with E-state index in [9.17, 15) is 9.59 Å². The maximum atomic E-state index is 11.7. The summed E-state index contributed by atoms with van der Waals surface area (Å²) in [5.74, 6) is 0.692. The summed E-state index contributed by atoms with van der Waals surface area (Å²) < 4.78 is 5.49. The summed E-state index contributed by atoms with van der Waals surface area (Å²) in [6, 6.07) is 9.57. The Morgan fingerprint density at radius 3 is 2.50 bits per heavy atom. The molecule has 1 aliphatic rings. The zero-order chi connectivity index (χ0) is 17.0. The smallest absolute Gasteiger partial charge is 0.315 e. The number of carbonyl (C=O) groups excluding carboxylic acids is 2. The lowest BCUT2D eigenvalue weighted by Gasteiger charge is -2.22. The van der Waals surface area contributed by atoms with Crippen molar-refractivity contribution >= 4 is 11.9 Å². The predicted molar refractivity (Wildman–Crippen MR) is 93.0 cm³/mol. The number of para-hydroxylation sites is 1. The number of hydrogen-bond donors (Lipinski definition) is 3. The van der Waals surface area contributed by atoms with Gasteiger partial charge in [-0.1, -0.05) is 37.5 Å². The van der Waals surface area contributed by atoms with Crippen LogP contribution in [0.5, 0.6) is 5.75 Å². The van der Waals surface area contributed by atoms with Gasteiger partial charge in [0.15, 0.2) is 0 Å². The second-order valence-electron chi connectivity index (χ2n) is 6.00. The lowest BCUT2D eigenvalue weighted by atomic mass is 9.96. The van der Waals surface area contributed by atoms with Gasteiger partial charge in [0.2, 0.25) is 5.91 Å². The highest BCUT2D eigenvalue weighted by Crippen LogP contribution is 2.17. The molecule has 132 valence electrons. The number of benzene rings is 1. The number of amides is 3. The molecule has 6 heteroatoms. The maximum absolute atomic E-state index is 11.7. The number of ether oxygens (including phenoxy) is 1. The van der Waals surface area contributed by atoms with Crippen LogP contribution in [-0.2, 0) is 4.79 Å². The second kappa shape index (κ2) is 10.5. The molecule has 2 rings (SSSR count). The Kier molecular flexibility index (Phi) is 7.93. The molecule has 1 aliphatic carbocycles. The van der Waals surface area contributed by atoms with Gasteiger partial charge < -0.3 is 20.7 Å². The number of hydrogen-bond acceptors (Lipinski definition) is 3. The van der Waals surface area contributed by atoms with Gasteiger partial charge in [-0.2, -0.15) is 0 Å². The van der Waals surface area contributed by atoms with Gasteiger partial charge in [0.05, 0.1) is 6.54 Å². The second-order valence-corrected chi connectivity index (χ2v) is 6.00. The van der Waals surface area contributed by atoms with E-state index < -0.39 is 0 Å². The van der Waals surface area contributed by atoms with Crippen LogP contribution in [0.4, 0.5) is 4.79 Å². The average Bonchev–Trinajstić information content (AvgIpc) is 2.60. The summed E-state index contributed by atoms with van der Waals surface area (Å²) >= 11 is 0. The first kappa shape index (κ1) is 18.1. The van der Waals surface area contributed by atoms with Crippen LogP contribution in [0.3, 0.4) is 0 Å². The third kappa shape index (κ3) is 7.35. The summed E-state index contributed by atoms with van der Waals surface area (Å²) in [6.45, 7) is 1.21. The van der Waals surface area contributed by atoms with Crippen LogP contribution in [0, 0.1) is 0 Å². The molecule has 0 saturated heterocycles. The Labute approximate surface area is 143 Å². The molecule has 0 radical (unpaired) electrons. The minimum Gasteiger partial charge on any atom is -0.492 e.